The van der Waals surface area contributed by atoms with Gasteiger partial charge in [-0.15, -0.1) is 0 Å². The van der Waals surface area contributed by atoms with Crippen molar-refractivity contribution in [2.45, 2.75) is 63.1 Å². The van der Waals surface area contributed by atoms with Gasteiger partial charge < -0.3 is 19.5 Å². The van der Waals surface area contributed by atoms with Crippen molar-refractivity contribution in [1.29, 1.82) is 0 Å². The van der Waals surface area contributed by atoms with E-state index >= 15 is 0 Å². The molecule has 3 aromatic rings. The molecular weight excluding hydrogens is 542 g/mol. The molecule has 1 saturated carbocycles. The first-order chi connectivity index (χ1) is 19.5. The molecule has 3 aliphatic rings. The Morgan fingerprint density at radius 3 is 2.56 bits per heavy atom. The van der Waals surface area contributed by atoms with Crippen LogP contribution in [0.1, 0.15) is 64.7 Å². The molecule has 10 nitrogen and oxygen atoms in total. The Morgan fingerprint density at radius 1 is 1.15 bits per heavy atom. The molecule has 216 valence electrons. The number of sulfone groups is 1. The Hall–Kier alpha value is -3.57. The van der Waals surface area contributed by atoms with Crippen LogP contribution in [0.4, 0.5) is 0 Å². The van der Waals surface area contributed by atoms with Crippen LogP contribution in [0.15, 0.2) is 35.4 Å². The molecule has 0 bridgehead atoms. The molecule has 1 N–H and O–H groups in total. The third-order valence-electron chi connectivity index (χ3n) is 8.69. The number of ether oxygens (including phenoxy) is 1. The largest absolute Gasteiger partial charge is 0.381 e. The second-order valence-electron chi connectivity index (χ2n) is 11.5. The number of rotatable bonds is 7. The van der Waals surface area contributed by atoms with Crippen LogP contribution in [0, 0.1) is 12.8 Å². The number of pyridine rings is 1. The Morgan fingerprint density at radius 2 is 1.88 bits per heavy atom. The van der Waals surface area contributed by atoms with Crippen LogP contribution in [0.25, 0.3) is 22.6 Å². The maximum Gasteiger partial charge on any atom is 0.272 e. The van der Waals surface area contributed by atoms with Crippen LogP contribution in [0.2, 0.25) is 0 Å². The molecule has 6 rings (SSSR count). The molecule has 2 amide bonds. The number of fused-ring (bicyclic) bond motifs is 1. The number of carbonyl (C=O) groups is 2. The van der Waals surface area contributed by atoms with Crippen LogP contribution in [0.5, 0.6) is 0 Å². The molecular formula is C30H35N5O5S. The number of carbonyl (C=O) groups excluding carboxylic acids is 2. The molecule has 2 fully saturated rings. The van der Waals surface area contributed by atoms with E-state index < -0.39 is 9.84 Å². The van der Waals surface area contributed by atoms with Crippen molar-refractivity contribution in [2.75, 3.05) is 26.5 Å². The summed E-state index contributed by atoms with van der Waals surface area (Å²) in [7, 11) is -1.86. The minimum Gasteiger partial charge on any atom is -0.381 e. The molecule has 2 aliphatic heterocycles. The predicted molar refractivity (Wildman–Crippen MR) is 153 cm³/mol. The Kier molecular flexibility index (Phi) is 6.97. The van der Waals surface area contributed by atoms with Crippen molar-refractivity contribution in [3.05, 3.63) is 53.0 Å². The van der Waals surface area contributed by atoms with Crippen molar-refractivity contribution in [3.63, 3.8) is 0 Å². The monoisotopic (exact) mass is 577 g/mol. The second-order valence-corrected chi connectivity index (χ2v) is 13.5. The van der Waals surface area contributed by atoms with Gasteiger partial charge in [0.25, 0.3) is 11.8 Å². The van der Waals surface area contributed by atoms with E-state index in [4.69, 9.17) is 4.74 Å². The number of aromatic nitrogens is 3. The lowest BCUT2D eigenvalue weighted by Gasteiger charge is -2.31. The van der Waals surface area contributed by atoms with E-state index in [-0.39, 0.29) is 34.4 Å². The molecule has 4 heterocycles. The number of H-pyrrole nitrogens is 1. The lowest BCUT2D eigenvalue weighted by atomic mass is 10.0. The van der Waals surface area contributed by atoms with Crippen molar-refractivity contribution < 1.29 is 22.7 Å². The van der Waals surface area contributed by atoms with Crippen molar-refractivity contribution in [2.24, 2.45) is 5.92 Å². The maximum absolute atomic E-state index is 13.4. The molecule has 11 heteroatoms. The summed E-state index contributed by atoms with van der Waals surface area (Å²) in [5.74, 6) is 0.588. The number of nitrogens with zero attached hydrogens (tertiary/aromatic N) is 4. The van der Waals surface area contributed by atoms with Crippen LogP contribution in [-0.4, -0.2) is 83.6 Å². The lowest BCUT2D eigenvalue weighted by Crippen LogP contribution is -2.41. The molecule has 2 aromatic heterocycles. The van der Waals surface area contributed by atoms with Gasteiger partial charge >= 0.3 is 0 Å². The van der Waals surface area contributed by atoms with Gasteiger partial charge in [-0.2, -0.15) is 0 Å². The average Bonchev–Trinajstić information content (AvgIpc) is 3.67. The van der Waals surface area contributed by atoms with E-state index in [2.05, 4.69) is 15.0 Å². The van der Waals surface area contributed by atoms with Gasteiger partial charge in [0, 0.05) is 51.3 Å². The standard InChI is InChI=1S/C30H35N5O5S/c1-17-27(30(37)34(3)23-8-11-40-12-9-23)33-28(32-17)24-14-20(7-10-31-24)21-13-22-16-35(18(2)19-5-6-19)29(36)26(22)25(15-21)41(4,38)39/h7,10,13-15,18-19,23H,5-6,8-9,11-12,16H2,1-4H3,(H,32,33). The third-order valence-corrected chi connectivity index (χ3v) is 9.81. The number of amides is 2. The highest BCUT2D eigenvalue weighted by Crippen LogP contribution is 2.41. The number of hydrogen-bond donors (Lipinski definition) is 1. The van der Waals surface area contributed by atoms with Crippen LogP contribution in [-0.2, 0) is 21.1 Å². The van der Waals surface area contributed by atoms with Crippen LogP contribution in [0.3, 0.4) is 0 Å². The molecule has 1 saturated heterocycles. The summed E-state index contributed by atoms with van der Waals surface area (Å²) in [6, 6.07) is 7.31. The molecule has 1 aliphatic carbocycles. The Labute approximate surface area is 240 Å². The van der Waals surface area contributed by atoms with Gasteiger partial charge in [-0.05, 0) is 86.4 Å². The quantitative estimate of drug-likeness (QED) is 0.452. The van der Waals surface area contributed by atoms with Gasteiger partial charge in [-0.3, -0.25) is 14.6 Å². The highest BCUT2D eigenvalue weighted by atomic mass is 32.2. The van der Waals surface area contributed by atoms with E-state index in [0.717, 1.165) is 43.1 Å². The molecule has 1 unspecified atom stereocenters. The van der Waals surface area contributed by atoms with Crippen LogP contribution < -0.4 is 0 Å². The summed E-state index contributed by atoms with van der Waals surface area (Å²) in [4.78, 5) is 42.5. The number of nitrogens with one attached hydrogen (secondary N) is 1. The third kappa shape index (κ3) is 5.17. The number of imidazole rings is 1. The predicted octanol–water partition coefficient (Wildman–Crippen LogP) is 3.86. The van der Waals surface area contributed by atoms with E-state index in [0.29, 0.717) is 54.1 Å². The minimum atomic E-state index is -3.67. The second kappa shape index (κ2) is 10.4. The molecule has 1 atom stereocenters. The molecule has 1 aromatic carbocycles. The number of benzene rings is 1. The maximum atomic E-state index is 13.4. The highest BCUT2D eigenvalue weighted by molar-refractivity contribution is 7.90. The van der Waals surface area contributed by atoms with Gasteiger partial charge in [0.05, 0.1) is 16.2 Å². The van der Waals surface area contributed by atoms with Crippen molar-refractivity contribution in [3.8, 4) is 22.6 Å². The van der Waals surface area contributed by atoms with Gasteiger partial charge in [0.2, 0.25) is 0 Å². The van der Waals surface area contributed by atoms with E-state index in [1.165, 1.54) is 0 Å². The highest BCUT2D eigenvalue weighted by Gasteiger charge is 2.41. The SMILES string of the molecule is Cc1nc(-c2cc(-c3cc4c(c(S(C)(=O)=O)c3)C(=O)N(C(C)C3CC3)C4)ccn2)[nH]c1C(=O)N(C)C1CCOCC1. The molecule has 0 radical (unpaired) electrons. The van der Waals surface area contributed by atoms with Gasteiger partial charge in [-0.25, -0.2) is 13.4 Å². The van der Waals surface area contributed by atoms with E-state index in [1.54, 1.807) is 35.1 Å². The minimum absolute atomic E-state index is 0.0525. The fourth-order valence-corrected chi connectivity index (χ4v) is 6.94. The fourth-order valence-electron chi connectivity index (χ4n) is 6.00. The summed E-state index contributed by atoms with van der Waals surface area (Å²) in [5.41, 5.74) is 3.95. The van der Waals surface area contributed by atoms with Gasteiger partial charge in [0.15, 0.2) is 15.7 Å². The number of hydrogen-bond acceptors (Lipinski definition) is 7. The number of aromatic amines is 1. The summed E-state index contributed by atoms with van der Waals surface area (Å²) < 4.78 is 31.2. The average molecular weight is 578 g/mol. The Bertz CT molecular complexity index is 1640. The van der Waals surface area contributed by atoms with E-state index in [9.17, 15) is 18.0 Å². The number of aryl methyl sites for hydroxylation is 1. The van der Waals surface area contributed by atoms with Gasteiger partial charge in [0.1, 0.15) is 11.4 Å². The summed E-state index contributed by atoms with van der Waals surface area (Å²) >= 11 is 0. The zero-order chi connectivity index (χ0) is 29.1. The summed E-state index contributed by atoms with van der Waals surface area (Å²) in [6.45, 7) is 5.51. The molecule has 0 spiro atoms. The van der Waals surface area contributed by atoms with E-state index in [1.807, 2.05) is 26.1 Å². The van der Waals surface area contributed by atoms with Crippen LogP contribution >= 0.6 is 0 Å². The van der Waals surface area contributed by atoms with Crippen molar-refractivity contribution in [1.82, 2.24) is 24.8 Å². The first-order valence-electron chi connectivity index (χ1n) is 14.1. The fraction of sp³-hybridized carbons (Fsp3) is 0.467. The first-order valence-corrected chi connectivity index (χ1v) is 16.0. The lowest BCUT2D eigenvalue weighted by molar-refractivity contribution is 0.0358. The van der Waals surface area contributed by atoms with Gasteiger partial charge in [-0.1, -0.05) is 0 Å². The summed E-state index contributed by atoms with van der Waals surface area (Å²) in [5, 5.41) is 0. The normalized spacial score (nSPS) is 18.4. The zero-order valence-corrected chi connectivity index (χ0v) is 24.6. The Balaban J connectivity index is 1.33. The van der Waals surface area contributed by atoms with Crippen molar-refractivity contribution >= 4 is 21.7 Å². The molecule has 41 heavy (non-hydrogen) atoms. The summed E-state index contributed by atoms with van der Waals surface area (Å²) in [6.07, 6.45) is 6.56. The smallest absolute Gasteiger partial charge is 0.272 e. The topological polar surface area (TPSA) is 126 Å². The zero-order valence-electron chi connectivity index (χ0n) is 23.8. The first kappa shape index (κ1) is 27.6.